The first-order valence-electron chi connectivity index (χ1n) is 7.65. The molecule has 0 saturated carbocycles. The Morgan fingerprint density at radius 1 is 1.09 bits per heavy atom. The van der Waals surface area contributed by atoms with Crippen molar-refractivity contribution >= 4 is 0 Å². The first-order chi connectivity index (χ1) is 10.6. The Morgan fingerprint density at radius 3 is 2.45 bits per heavy atom. The van der Waals surface area contributed by atoms with Crippen LogP contribution >= 0.6 is 0 Å². The molecular formula is C19H26N2O. The molecule has 0 amide bonds. The Bertz CT molecular complexity index is 623. The molecule has 0 aliphatic rings. The smallest absolute Gasteiger partial charge is 0.126 e. The molecule has 0 spiro atoms. The average Bonchev–Trinajstić information content (AvgIpc) is 2.53. The number of hydrogen-bond donors (Lipinski definition) is 1. The molecule has 0 saturated heterocycles. The molecule has 0 radical (unpaired) electrons. The van der Waals surface area contributed by atoms with E-state index in [2.05, 4.69) is 73.7 Å². The van der Waals surface area contributed by atoms with Crippen molar-refractivity contribution in [2.75, 3.05) is 28.3 Å². The number of methoxy groups -OCH3 is 1. The van der Waals surface area contributed by atoms with Gasteiger partial charge in [-0.05, 0) is 56.9 Å². The van der Waals surface area contributed by atoms with Gasteiger partial charge in [-0.15, -0.1) is 0 Å². The molecule has 1 atom stereocenters. The molecular weight excluding hydrogens is 272 g/mol. The van der Waals surface area contributed by atoms with Crippen molar-refractivity contribution in [3.8, 4) is 16.9 Å². The van der Waals surface area contributed by atoms with Crippen LogP contribution in [0.1, 0.15) is 24.1 Å². The summed E-state index contributed by atoms with van der Waals surface area (Å²) in [4.78, 5) is 2.19. The quantitative estimate of drug-likeness (QED) is 0.880. The summed E-state index contributed by atoms with van der Waals surface area (Å²) < 4.78 is 5.59. The third-order valence-corrected chi connectivity index (χ3v) is 3.95. The van der Waals surface area contributed by atoms with Gasteiger partial charge < -0.3 is 15.0 Å². The minimum absolute atomic E-state index is 0.311. The molecule has 0 aliphatic carbocycles. The topological polar surface area (TPSA) is 24.5 Å². The van der Waals surface area contributed by atoms with Crippen molar-refractivity contribution in [1.29, 1.82) is 0 Å². The van der Waals surface area contributed by atoms with Crippen LogP contribution in [0, 0.1) is 0 Å². The van der Waals surface area contributed by atoms with Crippen LogP contribution in [-0.2, 0) is 6.54 Å². The monoisotopic (exact) mass is 298 g/mol. The van der Waals surface area contributed by atoms with Crippen LogP contribution < -0.4 is 10.1 Å². The fraction of sp³-hybridized carbons (Fsp3) is 0.368. The van der Waals surface area contributed by atoms with Gasteiger partial charge >= 0.3 is 0 Å². The van der Waals surface area contributed by atoms with E-state index in [0.717, 1.165) is 17.9 Å². The number of nitrogens with one attached hydrogen (secondary N) is 1. The third-order valence-electron chi connectivity index (χ3n) is 3.95. The molecule has 0 aromatic heterocycles. The van der Waals surface area contributed by atoms with Crippen molar-refractivity contribution in [3.05, 3.63) is 53.6 Å². The Hall–Kier alpha value is -1.84. The Morgan fingerprint density at radius 2 is 1.82 bits per heavy atom. The summed E-state index contributed by atoms with van der Waals surface area (Å²) >= 11 is 0. The van der Waals surface area contributed by atoms with Gasteiger partial charge in [-0.25, -0.2) is 0 Å². The van der Waals surface area contributed by atoms with Gasteiger partial charge in [-0.2, -0.15) is 0 Å². The minimum Gasteiger partial charge on any atom is -0.496 e. The molecule has 2 aromatic rings. The van der Waals surface area contributed by atoms with E-state index in [4.69, 9.17) is 4.74 Å². The van der Waals surface area contributed by atoms with Gasteiger partial charge in [0.15, 0.2) is 0 Å². The van der Waals surface area contributed by atoms with Gasteiger partial charge in [-0.3, -0.25) is 0 Å². The van der Waals surface area contributed by atoms with Crippen LogP contribution in [0.15, 0.2) is 42.5 Å². The molecule has 1 unspecified atom stereocenters. The summed E-state index contributed by atoms with van der Waals surface area (Å²) in [5, 5.41) is 3.30. The molecule has 0 fully saturated rings. The highest BCUT2D eigenvalue weighted by Gasteiger charge is 2.13. The summed E-state index contributed by atoms with van der Waals surface area (Å²) in [6.07, 6.45) is 0. The van der Waals surface area contributed by atoms with Gasteiger partial charge in [0, 0.05) is 18.2 Å². The van der Waals surface area contributed by atoms with Crippen LogP contribution in [0.25, 0.3) is 11.1 Å². The van der Waals surface area contributed by atoms with Crippen molar-refractivity contribution in [2.45, 2.75) is 19.5 Å². The van der Waals surface area contributed by atoms with Crippen LogP contribution in [0.4, 0.5) is 0 Å². The summed E-state index contributed by atoms with van der Waals surface area (Å²) in [7, 11) is 7.89. The zero-order valence-corrected chi connectivity index (χ0v) is 14.2. The summed E-state index contributed by atoms with van der Waals surface area (Å²) in [5.74, 6) is 0.915. The lowest BCUT2D eigenvalue weighted by Crippen LogP contribution is -2.13. The standard InChI is InChI=1S/C19H26N2O/c1-14(20-2)15-10-11-19(22-5)18(12-15)17-9-7-6-8-16(17)13-21(3)4/h6-12,14,20H,13H2,1-5H3. The molecule has 2 aromatic carbocycles. The Kier molecular flexibility index (Phi) is 5.58. The number of nitrogens with zero attached hydrogens (tertiary/aromatic N) is 1. The van der Waals surface area contributed by atoms with Crippen LogP contribution in [0.5, 0.6) is 5.75 Å². The zero-order valence-electron chi connectivity index (χ0n) is 14.2. The predicted molar refractivity (Wildman–Crippen MR) is 93.3 cm³/mol. The zero-order chi connectivity index (χ0) is 16.1. The lowest BCUT2D eigenvalue weighted by atomic mass is 9.95. The molecule has 0 aliphatic heterocycles. The first kappa shape index (κ1) is 16.5. The van der Waals surface area contributed by atoms with E-state index in [-0.39, 0.29) is 0 Å². The second-order valence-corrected chi connectivity index (χ2v) is 5.87. The van der Waals surface area contributed by atoms with Crippen LogP contribution in [0.2, 0.25) is 0 Å². The normalized spacial score (nSPS) is 12.5. The largest absolute Gasteiger partial charge is 0.496 e. The predicted octanol–water partition coefficient (Wildman–Crippen LogP) is 3.70. The highest BCUT2D eigenvalue weighted by molar-refractivity contribution is 5.74. The van der Waals surface area contributed by atoms with E-state index < -0.39 is 0 Å². The van der Waals surface area contributed by atoms with Gasteiger partial charge in [0.05, 0.1) is 7.11 Å². The number of benzene rings is 2. The number of rotatable bonds is 6. The van der Waals surface area contributed by atoms with E-state index in [1.165, 1.54) is 16.7 Å². The maximum absolute atomic E-state index is 5.59. The molecule has 3 nitrogen and oxygen atoms in total. The van der Waals surface area contributed by atoms with Crippen molar-refractivity contribution < 1.29 is 4.74 Å². The molecule has 2 rings (SSSR count). The van der Waals surface area contributed by atoms with Crippen LogP contribution in [-0.4, -0.2) is 33.2 Å². The second-order valence-electron chi connectivity index (χ2n) is 5.87. The van der Waals surface area contributed by atoms with Crippen molar-refractivity contribution in [1.82, 2.24) is 10.2 Å². The average molecular weight is 298 g/mol. The third kappa shape index (κ3) is 3.67. The van der Waals surface area contributed by atoms with Crippen LogP contribution in [0.3, 0.4) is 0 Å². The highest BCUT2D eigenvalue weighted by atomic mass is 16.5. The number of ether oxygens (including phenoxy) is 1. The fourth-order valence-electron chi connectivity index (χ4n) is 2.63. The van der Waals surface area contributed by atoms with Gasteiger partial charge in [0.2, 0.25) is 0 Å². The minimum atomic E-state index is 0.311. The maximum Gasteiger partial charge on any atom is 0.126 e. The molecule has 1 N–H and O–H groups in total. The van der Waals surface area contributed by atoms with Gasteiger partial charge in [0.25, 0.3) is 0 Å². The van der Waals surface area contributed by atoms with E-state index in [1.807, 2.05) is 7.05 Å². The van der Waals surface area contributed by atoms with E-state index in [9.17, 15) is 0 Å². The van der Waals surface area contributed by atoms with Crippen molar-refractivity contribution in [2.24, 2.45) is 0 Å². The van der Waals surface area contributed by atoms with E-state index in [1.54, 1.807) is 7.11 Å². The molecule has 0 bridgehead atoms. The first-order valence-corrected chi connectivity index (χ1v) is 7.65. The second kappa shape index (κ2) is 7.43. The Labute approximate surface area is 133 Å². The lowest BCUT2D eigenvalue weighted by molar-refractivity contribution is 0.402. The maximum atomic E-state index is 5.59. The highest BCUT2D eigenvalue weighted by Crippen LogP contribution is 2.34. The molecule has 3 heteroatoms. The fourth-order valence-corrected chi connectivity index (χ4v) is 2.63. The molecule has 0 heterocycles. The number of hydrogen-bond acceptors (Lipinski definition) is 3. The summed E-state index contributed by atoms with van der Waals surface area (Å²) in [5.41, 5.74) is 4.95. The summed E-state index contributed by atoms with van der Waals surface area (Å²) in [6.45, 7) is 3.07. The Balaban J connectivity index is 2.55. The van der Waals surface area contributed by atoms with E-state index in [0.29, 0.717) is 6.04 Å². The summed E-state index contributed by atoms with van der Waals surface area (Å²) in [6, 6.07) is 15.3. The molecule has 118 valence electrons. The van der Waals surface area contributed by atoms with Gasteiger partial charge in [-0.1, -0.05) is 30.3 Å². The lowest BCUT2D eigenvalue weighted by Gasteiger charge is -2.18. The van der Waals surface area contributed by atoms with Crippen molar-refractivity contribution in [3.63, 3.8) is 0 Å². The SMILES string of the molecule is CNC(C)c1ccc(OC)c(-c2ccccc2CN(C)C)c1. The molecule has 22 heavy (non-hydrogen) atoms. The van der Waals surface area contributed by atoms with E-state index >= 15 is 0 Å². The van der Waals surface area contributed by atoms with Gasteiger partial charge in [0.1, 0.15) is 5.75 Å².